The van der Waals surface area contributed by atoms with Gasteiger partial charge in [0.25, 0.3) is 0 Å². The molecule has 1 aromatic heterocycles. The molecule has 0 radical (unpaired) electrons. The van der Waals surface area contributed by atoms with E-state index in [9.17, 15) is 0 Å². The van der Waals surface area contributed by atoms with Crippen LogP contribution in [0, 0.1) is 33.8 Å². The molecular weight excluding hydrogens is 278 g/mol. The van der Waals surface area contributed by atoms with Gasteiger partial charge in [-0.05, 0) is 49.4 Å². The summed E-state index contributed by atoms with van der Waals surface area (Å²) in [5.41, 5.74) is 3.01. The normalized spacial score (nSPS) is 14.0. The van der Waals surface area contributed by atoms with Gasteiger partial charge in [-0.3, -0.25) is 6.08 Å². The predicted molar refractivity (Wildman–Crippen MR) is 64.8 cm³/mol. The van der Waals surface area contributed by atoms with E-state index in [0.717, 1.165) is 6.42 Å². The van der Waals surface area contributed by atoms with Crippen molar-refractivity contribution in [3.63, 3.8) is 0 Å². The third kappa shape index (κ3) is 2.15. The molecule has 0 bridgehead atoms. The molecule has 15 heavy (non-hydrogen) atoms. The number of hydrogen-bond donors (Lipinski definition) is 0. The Kier molecular flexibility index (Phi) is 4.39. The Morgan fingerprint density at radius 3 is 2.00 bits per heavy atom. The maximum absolute atomic E-state index is 3.47. The quantitative estimate of drug-likeness (QED) is 0.669. The Morgan fingerprint density at radius 1 is 1.07 bits per heavy atom. The van der Waals surface area contributed by atoms with Crippen LogP contribution in [0.1, 0.15) is 28.1 Å². The zero-order valence-electron chi connectivity index (χ0n) is 9.81. The van der Waals surface area contributed by atoms with E-state index in [1.54, 1.807) is 10.6 Å². The van der Waals surface area contributed by atoms with Crippen molar-refractivity contribution in [2.45, 2.75) is 34.1 Å². The fourth-order valence-electron chi connectivity index (χ4n) is 2.04. The molecule has 78 valence electrons. The van der Waals surface area contributed by atoms with E-state index in [1.165, 1.54) is 16.4 Å². The third-order valence-electron chi connectivity index (χ3n) is 3.24. The molecule has 1 aliphatic carbocycles. The van der Waals surface area contributed by atoms with Crippen LogP contribution in [-0.4, -0.2) is 0 Å². The summed E-state index contributed by atoms with van der Waals surface area (Å²) in [6, 6.07) is 0. The smallest absolute Gasteiger partial charge is 0 e. The third-order valence-corrected chi connectivity index (χ3v) is 6.04. The topological polar surface area (TPSA) is 0 Å². The second kappa shape index (κ2) is 4.98. The minimum Gasteiger partial charge on any atom is -0.261 e. The molecule has 0 atom stereocenters. The Bertz CT molecular complexity index is 410. The van der Waals surface area contributed by atoms with Gasteiger partial charge in [-0.15, -0.1) is 14.0 Å². The zero-order valence-corrected chi connectivity index (χ0v) is 13.2. The Hall–Kier alpha value is 0.143. The molecule has 0 nitrogen and oxygen atoms in total. The summed E-state index contributed by atoms with van der Waals surface area (Å²) in [7, 11) is -0.169. The fraction of sp³-hybridized carbons (Fsp3) is 0.385. The van der Waals surface area contributed by atoms with E-state index in [-0.39, 0.29) is 33.7 Å². The van der Waals surface area contributed by atoms with Gasteiger partial charge < -0.3 is 0 Å². The Morgan fingerprint density at radius 2 is 1.60 bits per heavy atom. The van der Waals surface area contributed by atoms with Gasteiger partial charge >= 0.3 is 0 Å². The molecule has 0 aromatic carbocycles. The molecule has 2 heteroatoms. The first kappa shape index (κ1) is 13.2. The summed E-state index contributed by atoms with van der Waals surface area (Å²) in [5.74, 6) is 0. The molecule has 1 aliphatic rings. The van der Waals surface area contributed by atoms with Gasteiger partial charge in [0.1, 0.15) is 0 Å². The molecule has 2 rings (SSSR count). The molecule has 0 aliphatic heterocycles. The largest absolute Gasteiger partial charge is 0.261 e. The van der Waals surface area contributed by atoms with E-state index in [0.29, 0.717) is 0 Å². The second-order valence-corrected chi connectivity index (χ2v) is 6.42. The van der Waals surface area contributed by atoms with E-state index in [2.05, 4.69) is 45.9 Å². The first-order valence-electron chi connectivity index (χ1n) is 5.05. The zero-order chi connectivity index (χ0) is 10.3. The van der Waals surface area contributed by atoms with Gasteiger partial charge in [0.15, 0.2) is 0 Å². The van der Waals surface area contributed by atoms with Crippen molar-refractivity contribution in [2.75, 3.05) is 0 Å². The van der Waals surface area contributed by atoms with Crippen molar-refractivity contribution in [3.05, 3.63) is 39.9 Å². The molecule has 0 unspecified atom stereocenters. The summed E-state index contributed by atoms with van der Waals surface area (Å²) in [6.45, 7) is 9.05. The molecule has 0 saturated heterocycles. The average Bonchev–Trinajstić information content (AvgIpc) is 2.73. The van der Waals surface area contributed by atoms with Crippen molar-refractivity contribution in [2.24, 2.45) is 0 Å². The number of hydrogen-bond acceptors (Lipinski definition) is 0. The molecule has 1 heterocycles. The van der Waals surface area contributed by atoms with E-state index >= 15 is 0 Å². The van der Waals surface area contributed by atoms with Gasteiger partial charge in [-0.25, -0.2) is 6.08 Å². The van der Waals surface area contributed by atoms with Crippen LogP contribution < -0.4 is 0 Å². The SMILES string of the molecule is Cc1c(C)c(C)p(C2=[C-]CC=C2)c1C.[Zr]. The number of rotatable bonds is 1. The van der Waals surface area contributed by atoms with Crippen molar-refractivity contribution in [3.8, 4) is 0 Å². The average molecular weight is 294 g/mol. The number of allylic oxidation sites excluding steroid dienone is 4. The molecule has 0 N–H and O–H groups in total. The van der Waals surface area contributed by atoms with Crippen molar-refractivity contribution >= 4 is 12.8 Å². The van der Waals surface area contributed by atoms with Gasteiger partial charge in [0, 0.05) is 26.2 Å². The van der Waals surface area contributed by atoms with E-state index < -0.39 is 0 Å². The minimum atomic E-state index is -0.169. The van der Waals surface area contributed by atoms with Crippen molar-refractivity contribution < 1.29 is 26.2 Å². The molecular formula is C13H16PZr-. The van der Waals surface area contributed by atoms with Gasteiger partial charge in [0.2, 0.25) is 0 Å². The van der Waals surface area contributed by atoms with E-state index in [4.69, 9.17) is 0 Å². The summed E-state index contributed by atoms with van der Waals surface area (Å²) >= 11 is 0. The van der Waals surface area contributed by atoms with Crippen LogP contribution in [0.2, 0.25) is 0 Å². The van der Waals surface area contributed by atoms with Crippen LogP contribution in [0.25, 0.3) is 5.31 Å². The first-order valence-corrected chi connectivity index (χ1v) is 6.40. The van der Waals surface area contributed by atoms with Crippen LogP contribution in [0.4, 0.5) is 0 Å². The van der Waals surface area contributed by atoms with Crippen LogP contribution >= 0.6 is 7.53 Å². The standard InChI is InChI=1S/C13H16P.Zr/c1-9-10(2)12(4)14(11(9)3)13-7-5-6-8-13;/h5,7H,6H2,1-4H3;/q-1;. The van der Waals surface area contributed by atoms with Gasteiger partial charge in [0.05, 0.1) is 0 Å². The van der Waals surface area contributed by atoms with E-state index in [1.807, 2.05) is 0 Å². The molecule has 0 fully saturated rings. The van der Waals surface area contributed by atoms with Gasteiger partial charge in [-0.1, -0.05) is 0 Å². The monoisotopic (exact) mass is 293 g/mol. The Balaban J connectivity index is 0.00000112. The van der Waals surface area contributed by atoms with Crippen LogP contribution in [-0.2, 0) is 26.2 Å². The van der Waals surface area contributed by atoms with Gasteiger partial charge in [-0.2, -0.15) is 11.4 Å². The summed E-state index contributed by atoms with van der Waals surface area (Å²) < 4.78 is 0. The fourth-order valence-corrected chi connectivity index (χ4v) is 4.77. The molecule has 0 saturated carbocycles. The molecule has 0 amide bonds. The van der Waals surface area contributed by atoms with Crippen molar-refractivity contribution in [1.29, 1.82) is 0 Å². The van der Waals surface area contributed by atoms with Crippen molar-refractivity contribution in [1.82, 2.24) is 0 Å². The molecule has 1 aromatic rings. The first-order chi connectivity index (χ1) is 6.63. The summed E-state index contributed by atoms with van der Waals surface area (Å²) in [4.78, 5) is 0. The van der Waals surface area contributed by atoms with Crippen LogP contribution in [0.3, 0.4) is 0 Å². The molecule has 0 spiro atoms. The maximum atomic E-state index is 3.47. The van der Waals surface area contributed by atoms with Crippen LogP contribution in [0.15, 0.2) is 12.2 Å². The minimum absolute atomic E-state index is 0. The second-order valence-electron chi connectivity index (χ2n) is 3.92. The van der Waals surface area contributed by atoms with Crippen LogP contribution in [0.5, 0.6) is 0 Å². The summed E-state index contributed by atoms with van der Waals surface area (Å²) in [5, 5.41) is 4.58. The predicted octanol–water partition coefficient (Wildman–Crippen LogP) is 4.51. The Labute approximate surface area is 113 Å². The summed E-state index contributed by atoms with van der Waals surface area (Å²) in [6.07, 6.45) is 8.94. The maximum Gasteiger partial charge on any atom is 0 e.